The Morgan fingerprint density at radius 2 is 2.19 bits per heavy atom. The Balaban J connectivity index is 1.87. The molecule has 26 heavy (non-hydrogen) atoms. The number of aromatic nitrogens is 2. The second kappa shape index (κ2) is 9.96. The zero-order valence-corrected chi connectivity index (χ0v) is 16.0. The molecule has 2 heterocycles. The van der Waals surface area contributed by atoms with Gasteiger partial charge in [-0.05, 0) is 31.4 Å². The summed E-state index contributed by atoms with van der Waals surface area (Å²) in [6, 6.07) is 5.11. The summed E-state index contributed by atoms with van der Waals surface area (Å²) in [4.78, 5) is 28.2. The van der Waals surface area contributed by atoms with E-state index in [2.05, 4.69) is 29.3 Å². The lowest BCUT2D eigenvalue weighted by molar-refractivity contribution is -0.124. The zero-order valence-electron chi connectivity index (χ0n) is 15.2. The molecule has 0 spiro atoms. The average Bonchev–Trinajstić information content (AvgIpc) is 3.03. The average molecular weight is 377 g/mol. The number of carbonyl (C=O) groups excluding carboxylic acids is 2. The molecule has 1 N–H and O–H groups in total. The molecule has 0 saturated carbocycles. The highest BCUT2D eigenvalue weighted by Gasteiger charge is 2.16. The van der Waals surface area contributed by atoms with Gasteiger partial charge in [0.2, 0.25) is 0 Å². The van der Waals surface area contributed by atoms with Gasteiger partial charge in [-0.25, -0.2) is 9.78 Å². The molecule has 140 valence electrons. The van der Waals surface area contributed by atoms with Gasteiger partial charge in [-0.15, -0.1) is 0 Å². The second-order valence-corrected chi connectivity index (χ2v) is 7.15. The van der Waals surface area contributed by atoms with Crippen LogP contribution in [-0.4, -0.2) is 35.2 Å². The van der Waals surface area contributed by atoms with Gasteiger partial charge >= 0.3 is 5.97 Å². The predicted molar refractivity (Wildman–Crippen MR) is 97.8 cm³/mol. The molecule has 2 aromatic rings. The summed E-state index contributed by atoms with van der Waals surface area (Å²) in [5, 5.41) is 7.17. The number of hydrogen-bond donors (Lipinski definition) is 1. The molecule has 0 saturated heterocycles. The first kappa shape index (κ1) is 20.0. The SMILES string of the molecule is Cc1cc(CSc2ncccc2C(=O)OCC(=O)NCCC(C)C)no1. The minimum atomic E-state index is -0.573. The molecular formula is C18H23N3O4S. The molecule has 0 bridgehead atoms. The van der Waals surface area contributed by atoms with Crippen LogP contribution in [0.15, 0.2) is 33.9 Å². The van der Waals surface area contributed by atoms with Crippen LogP contribution in [-0.2, 0) is 15.3 Å². The molecule has 0 aliphatic heterocycles. The van der Waals surface area contributed by atoms with Gasteiger partial charge in [0.15, 0.2) is 6.61 Å². The van der Waals surface area contributed by atoms with Crippen molar-refractivity contribution in [3.63, 3.8) is 0 Å². The Morgan fingerprint density at radius 3 is 2.88 bits per heavy atom. The number of carbonyl (C=O) groups is 2. The van der Waals surface area contributed by atoms with Gasteiger partial charge in [-0.1, -0.05) is 30.8 Å². The maximum Gasteiger partial charge on any atom is 0.341 e. The minimum Gasteiger partial charge on any atom is -0.452 e. The maximum absolute atomic E-state index is 12.3. The van der Waals surface area contributed by atoms with Crippen LogP contribution in [0.1, 0.15) is 42.1 Å². The number of esters is 1. The summed E-state index contributed by atoms with van der Waals surface area (Å²) in [6.07, 6.45) is 2.48. The number of thioether (sulfide) groups is 1. The highest BCUT2D eigenvalue weighted by Crippen LogP contribution is 2.24. The first-order chi connectivity index (χ1) is 12.5. The molecule has 0 aromatic carbocycles. The van der Waals surface area contributed by atoms with Crippen molar-refractivity contribution in [2.24, 2.45) is 5.92 Å². The number of hydrogen-bond acceptors (Lipinski definition) is 7. The molecule has 0 atom stereocenters. The van der Waals surface area contributed by atoms with Crippen LogP contribution in [0.3, 0.4) is 0 Å². The lowest BCUT2D eigenvalue weighted by Gasteiger charge is -2.09. The lowest BCUT2D eigenvalue weighted by atomic mass is 10.1. The van der Waals surface area contributed by atoms with E-state index in [-0.39, 0.29) is 12.5 Å². The lowest BCUT2D eigenvalue weighted by Crippen LogP contribution is -2.30. The van der Waals surface area contributed by atoms with E-state index in [1.807, 2.05) is 13.0 Å². The summed E-state index contributed by atoms with van der Waals surface area (Å²) in [5.41, 5.74) is 1.09. The summed E-state index contributed by atoms with van der Waals surface area (Å²) >= 11 is 1.36. The number of amides is 1. The molecule has 2 aromatic heterocycles. The third kappa shape index (κ3) is 6.51. The zero-order chi connectivity index (χ0) is 18.9. The third-order valence-electron chi connectivity index (χ3n) is 3.40. The number of nitrogens with one attached hydrogen (secondary N) is 1. The molecular weight excluding hydrogens is 354 g/mol. The largest absolute Gasteiger partial charge is 0.452 e. The third-order valence-corrected chi connectivity index (χ3v) is 4.44. The van der Waals surface area contributed by atoms with Crippen LogP contribution in [0.4, 0.5) is 0 Å². The van der Waals surface area contributed by atoms with Gasteiger partial charge in [-0.3, -0.25) is 4.79 Å². The molecule has 8 heteroatoms. The summed E-state index contributed by atoms with van der Waals surface area (Å²) < 4.78 is 10.1. The molecule has 2 rings (SSSR count). The Labute approximate surface area is 156 Å². The van der Waals surface area contributed by atoms with Gasteiger partial charge in [0, 0.05) is 24.6 Å². The standard InChI is InChI=1S/C18H23N3O4S/c1-12(2)6-8-19-16(22)10-24-18(23)15-5-4-7-20-17(15)26-11-14-9-13(3)25-21-14/h4-5,7,9,12H,6,8,10-11H2,1-3H3,(H,19,22). The summed E-state index contributed by atoms with van der Waals surface area (Å²) in [6.45, 7) is 6.23. The van der Waals surface area contributed by atoms with Crippen molar-refractivity contribution in [3.05, 3.63) is 41.4 Å². The van der Waals surface area contributed by atoms with Crippen molar-refractivity contribution < 1.29 is 18.8 Å². The van der Waals surface area contributed by atoms with Crippen molar-refractivity contribution >= 4 is 23.6 Å². The first-order valence-corrected chi connectivity index (χ1v) is 9.38. The van der Waals surface area contributed by atoms with Gasteiger partial charge in [0.1, 0.15) is 10.8 Å². The van der Waals surface area contributed by atoms with Gasteiger partial charge < -0.3 is 14.6 Å². The fourth-order valence-electron chi connectivity index (χ4n) is 2.05. The van der Waals surface area contributed by atoms with E-state index in [1.54, 1.807) is 18.3 Å². The molecule has 0 unspecified atom stereocenters. The second-order valence-electron chi connectivity index (χ2n) is 6.18. The minimum absolute atomic E-state index is 0.307. The molecule has 0 radical (unpaired) electrons. The highest BCUT2D eigenvalue weighted by molar-refractivity contribution is 7.98. The first-order valence-electron chi connectivity index (χ1n) is 8.39. The molecule has 7 nitrogen and oxygen atoms in total. The Morgan fingerprint density at radius 1 is 1.38 bits per heavy atom. The number of aryl methyl sites for hydroxylation is 1. The Kier molecular flexibility index (Phi) is 7.65. The number of nitrogens with zero attached hydrogens (tertiary/aromatic N) is 2. The van der Waals surface area contributed by atoms with Crippen LogP contribution in [0.25, 0.3) is 0 Å². The number of pyridine rings is 1. The van der Waals surface area contributed by atoms with Crippen molar-refractivity contribution in [3.8, 4) is 0 Å². The van der Waals surface area contributed by atoms with E-state index in [4.69, 9.17) is 9.26 Å². The smallest absolute Gasteiger partial charge is 0.341 e. The predicted octanol–water partition coefficient (Wildman–Crippen LogP) is 2.99. The van der Waals surface area contributed by atoms with E-state index in [9.17, 15) is 9.59 Å². The van der Waals surface area contributed by atoms with Gasteiger partial charge in [0.05, 0.1) is 11.3 Å². The van der Waals surface area contributed by atoms with E-state index in [0.29, 0.717) is 28.8 Å². The monoisotopic (exact) mass is 377 g/mol. The van der Waals surface area contributed by atoms with E-state index >= 15 is 0 Å². The van der Waals surface area contributed by atoms with Gasteiger partial charge in [-0.2, -0.15) is 0 Å². The fourth-order valence-corrected chi connectivity index (χ4v) is 2.91. The maximum atomic E-state index is 12.3. The normalized spacial score (nSPS) is 10.8. The number of rotatable bonds is 9. The Hall–Kier alpha value is -2.35. The molecule has 0 fully saturated rings. The van der Waals surface area contributed by atoms with Crippen LogP contribution >= 0.6 is 11.8 Å². The summed E-state index contributed by atoms with van der Waals surface area (Å²) in [5.74, 6) is 0.863. The van der Waals surface area contributed by atoms with Crippen molar-refractivity contribution in [2.75, 3.05) is 13.2 Å². The Bertz CT molecular complexity index is 746. The van der Waals surface area contributed by atoms with Crippen molar-refractivity contribution in [2.45, 2.75) is 38.0 Å². The van der Waals surface area contributed by atoms with Gasteiger partial charge in [0.25, 0.3) is 5.91 Å². The molecule has 0 aliphatic carbocycles. The van der Waals surface area contributed by atoms with Crippen LogP contribution in [0.5, 0.6) is 0 Å². The van der Waals surface area contributed by atoms with Crippen LogP contribution in [0, 0.1) is 12.8 Å². The molecule has 1 amide bonds. The topological polar surface area (TPSA) is 94.3 Å². The van der Waals surface area contributed by atoms with Crippen LogP contribution < -0.4 is 5.32 Å². The fraction of sp³-hybridized carbons (Fsp3) is 0.444. The van der Waals surface area contributed by atoms with Crippen LogP contribution in [0.2, 0.25) is 0 Å². The van der Waals surface area contributed by atoms with E-state index in [0.717, 1.165) is 17.9 Å². The summed E-state index contributed by atoms with van der Waals surface area (Å²) in [7, 11) is 0. The van der Waals surface area contributed by atoms with E-state index in [1.165, 1.54) is 11.8 Å². The quantitative estimate of drug-likeness (QED) is 0.530. The highest BCUT2D eigenvalue weighted by atomic mass is 32.2. The van der Waals surface area contributed by atoms with Crippen molar-refractivity contribution in [1.29, 1.82) is 0 Å². The number of ether oxygens (including phenoxy) is 1. The molecule has 0 aliphatic rings. The van der Waals surface area contributed by atoms with Crippen molar-refractivity contribution in [1.82, 2.24) is 15.5 Å². The van der Waals surface area contributed by atoms with E-state index < -0.39 is 5.97 Å².